The molecule has 0 aromatic heterocycles. The molecule has 0 amide bonds. The standard InChI is InChI=1S/C12H9ClF4O/c13-6-2-1-3-9-4-5-10(14)11(7-9)18-8-12(15,16)17/h4-5,7H,2,6,8H2. The van der Waals surface area contributed by atoms with Crippen molar-refractivity contribution in [1.29, 1.82) is 0 Å². The molecule has 98 valence electrons. The Kier molecular flexibility index (Phi) is 5.29. The molecule has 0 spiro atoms. The average molecular weight is 281 g/mol. The van der Waals surface area contributed by atoms with Crippen molar-refractivity contribution in [3.05, 3.63) is 29.6 Å². The van der Waals surface area contributed by atoms with Gasteiger partial charge >= 0.3 is 6.18 Å². The molecular formula is C12H9ClF4O. The lowest BCUT2D eigenvalue weighted by Crippen LogP contribution is -2.19. The summed E-state index contributed by atoms with van der Waals surface area (Å²) in [5.74, 6) is 4.36. The second-order valence-electron chi connectivity index (χ2n) is 3.29. The van der Waals surface area contributed by atoms with E-state index < -0.39 is 24.3 Å². The molecule has 0 aliphatic carbocycles. The van der Waals surface area contributed by atoms with Crippen LogP contribution in [0.3, 0.4) is 0 Å². The predicted octanol–water partition coefficient (Wildman–Crippen LogP) is 3.75. The largest absolute Gasteiger partial charge is 0.481 e. The maximum absolute atomic E-state index is 13.2. The fourth-order valence-electron chi connectivity index (χ4n) is 1.06. The lowest BCUT2D eigenvalue weighted by molar-refractivity contribution is -0.153. The quantitative estimate of drug-likeness (QED) is 0.465. The van der Waals surface area contributed by atoms with Crippen LogP contribution in [0.2, 0.25) is 0 Å². The highest BCUT2D eigenvalue weighted by atomic mass is 35.5. The van der Waals surface area contributed by atoms with Crippen molar-refractivity contribution in [2.75, 3.05) is 12.5 Å². The summed E-state index contributed by atoms with van der Waals surface area (Å²) in [6, 6.07) is 3.50. The van der Waals surface area contributed by atoms with E-state index in [9.17, 15) is 17.6 Å². The van der Waals surface area contributed by atoms with Crippen LogP contribution in [-0.2, 0) is 0 Å². The van der Waals surface area contributed by atoms with Gasteiger partial charge in [-0.15, -0.1) is 11.6 Å². The summed E-state index contributed by atoms with van der Waals surface area (Å²) in [6.45, 7) is -1.54. The summed E-state index contributed by atoms with van der Waals surface area (Å²) >= 11 is 5.41. The van der Waals surface area contributed by atoms with Gasteiger partial charge in [0.2, 0.25) is 0 Å². The Morgan fingerprint density at radius 2 is 2.00 bits per heavy atom. The summed E-state index contributed by atoms with van der Waals surface area (Å²) in [5.41, 5.74) is 0.374. The molecule has 0 fully saturated rings. The molecule has 0 heterocycles. The molecule has 0 bridgehead atoms. The Labute approximate surface area is 107 Å². The third-order valence-corrected chi connectivity index (χ3v) is 1.96. The van der Waals surface area contributed by atoms with Gasteiger partial charge in [-0.25, -0.2) is 4.39 Å². The number of halogens is 5. The molecule has 6 heteroatoms. The zero-order chi connectivity index (χ0) is 13.6. The highest BCUT2D eigenvalue weighted by molar-refractivity contribution is 6.18. The van der Waals surface area contributed by atoms with Gasteiger partial charge in [-0.2, -0.15) is 13.2 Å². The molecule has 1 nitrogen and oxygen atoms in total. The van der Waals surface area contributed by atoms with Gasteiger partial charge in [0.05, 0.1) is 0 Å². The minimum absolute atomic E-state index is 0.353. The van der Waals surface area contributed by atoms with Crippen LogP contribution in [0, 0.1) is 17.7 Å². The molecule has 0 saturated heterocycles. The van der Waals surface area contributed by atoms with Crippen LogP contribution in [0.5, 0.6) is 5.75 Å². The molecule has 0 saturated carbocycles. The monoisotopic (exact) mass is 280 g/mol. The second kappa shape index (κ2) is 6.50. The maximum Gasteiger partial charge on any atom is 0.422 e. The highest BCUT2D eigenvalue weighted by Crippen LogP contribution is 2.22. The van der Waals surface area contributed by atoms with Gasteiger partial charge in [-0.1, -0.05) is 11.8 Å². The van der Waals surface area contributed by atoms with Crippen LogP contribution >= 0.6 is 11.6 Å². The van der Waals surface area contributed by atoms with Crippen molar-refractivity contribution >= 4 is 11.6 Å². The minimum Gasteiger partial charge on any atom is -0.481 e. The highest BCUT2D eigenvalue weighted by Gasteiger charge is 2.28. The lowest BCUT2D eigenvalue weighted by atomic mass is 10.2. The van der Waals surface area contributed by atoms with Crippen molar-refractivity contribution in [3.8, 4) is 17.6 Å². The first-order chi connectivity index (χ1) is 8.42. The van der Waals surface area contributed by atoms with Crippen LogP contribution in [0.1, 0.15) is 12.0 Å². The first-order valence-electron chi connectivity index (χ1n) is 4.96. The zero-order valence-corrected chi connectivity index (χ0v) is 9.91. The average Bonchev–Trinajstić information content (AvgIpc) is 2.29. The Morgan fingerprint density at radius 1 is 1.28 bits per heavy atom. The summed E-state index contributed by atoms with van der Waals surface area (Å²) < 4.78 is 53.3. The zero-order valence-electron chi connectivity index (χ0n) is 9.15. The van der Waals surface area contributed by atoms with Crippen LogP contribution < -0.4 is 4.74 Å². The molecular weight excluding hydrogens is 272 g/mol. The van der Waals surface area contributed by atoms with Gasteiger partial charge in [-0.05, 0) is 18.2 Å². The van der Waals surface area contributed by atoms with E-state index in [1.54, 1.807) is 0 Å². The Morgan fingerprint density at radius 3 is 2.61 bits per heavy atom. The third kappa shape index (κ3) is 5.28. The minimum atomic E-state index is -4.51. The number of hydrogen-bond donors (Lipinski definition) is 0. The topological polar surface area (TPSA) is 9.23 Å². The van der Waals surface area contributed by atoms with Crippen molar-refractivity contribution in [1.82, 2.24) is 0 Å². The first-order valence-corrected chi connectivity index (χ1v) is 5.50. The van der Waals surface area contributed by atoms with E-state index in [1.165, 1.54) is 6.07 Å². The molecule has 0 atom stereocenters. The van der Waals surface area contributed by atoms with Gasteiger partial charge < -0.3 is 4.74 Å². The van der Waals surface area contributed by atoms with Crippen molar-refractivity contribution in [2.24, 2.45) is 0 Å². The molecule has 0 N–H and O–H groups in total. The normalized spacial score (nSPS) is 10.7. The van der Waals surface area contributed by atoms with Crippen LogP contribution in [0.25, 0.3) is 0 Å². The molecule has 1 aromatic rings. The van der Waals surface area contributed by atoms with E-state index in [2.05, 4.69) is 16.6 Å². The fourth-order valence-corrected chi connectivity index (χ4v) is 1.16. The Bertz CT molecular complexity index is 459. The molecule has 0 unspecified atom stereocenters. The smallest absolute Gasteiger partial charge is 0.422 e. The van der Waals surface area contributed by atoms with E-state index in [0.717, 1.165) is 12.1 Å². The fraction of sp³-hybridized carbons (Fsp3) is 0.333. The molecule has 1 rings (SSSR count). The van der Waals surface area contributed by atoms with Gasteiger partial charge in [0, 0.05) is 17.9 Å². The van der Waals surface area contributed by atoms with Crippen LogP contribution in [-0.4, -0.2) is 18.7 Å². The molecule has 18 heavy (non-hydrogen) atoms. The summed E-state index contributed by atoms with van der Waals surface area (Å²) in [7, 11) is 0. The van der Waals surface area contributed by atoms with Gasteiger partial charge in [-0.3, -0.25) is 0 Å². The molecule has 0 aliphatic heterocycles. The summed E-state index contributed by atoms with van der Waals surface area (Å²) in [6.07, 6.45) is -4.07. The van der Waals surface area contributed by atoms with E-state index in [0.29, 0.717) is 17.9 Å². The van der Waals surface area contributed by atoms with Crippen molar-refractivity contribution in [2.45, 2.75) is 12.6 Å². The first kappa shape index (κ1) is 14.7. The van der Waals surface area contributed by atoms with E-state index in [-0.39, 0.29) is 0 Å². The number of alkyl halides is 4. The van der Waals surface area contributed by atoms with E-state index >= 15 is 0 Å². The molecule has 0 aliphatic rings. The van der Waals surface area contributed by atoms with E-state index in [1.807, 2.05) is 0 Å². The number of hydrogen-bond acceptors (Lipinski definition) is 1. The second-order valence-corrected chi connectivity index (χ2v) is 3.67. The van der Waals surface area contributed by atoms with Crippen molar-refractivity contribution < 1.29 is 22.3 Å². The van der Waals surface area contributed by atoms with Crippen LogP contribution in [0.4, 0.5) is 17.6 Å². The summed E-state index contributed by atoms with van der Waals surface area (Å²) in [5, 5.41) is 0. The van der Waals surface area contributed by atoms with Gasteiger partial charge in [0.1, 0.15) is 0 Å². The van der Waals surface area contributed by atoms with Crippen molar-refractivity contribution in [3.63, 3.8) is 0 Å². The lowest BCUT2D eigenvalue weighted by Gasteiger charge is -2.09. The third-order valence-electron chi connectivity index (χ3n) is 1.77. The predicted molar refractivity (Wildman–Crippen MR) is 60.2 cm³/mol. The van der Waals surface area contributed by atoms with Gasteiger partial charge in [0.15, 0.2) is 18.2 Å². The van der Waals surface area contributed by atoms with E-state index in [4.69, 9.17) is 11.6 Å². The molecule has 1 aromatic carbocycles. The number of ether oxygens (including phenoxy) is 1. The Balaban J connectivity index is 2.79. The van der Waals surface area contributed by atoms with Gasteiger partial charge in [0.25, 0.3) is 0 Å². The molecule has 0 radical (unpaired) electrons. The maximum atomic E-state index is 13.2. The van der Waals surface area contributed by atoms with Crippen LogP contribution in [0.15, 0.2) is 18.2 Å². The SMILES string of the molecule is Fc1ccc(C#CCCCl)cc1OCC(F)(F)F. The summed E-state index contributed by atoms with van der Waals surface area (Å²) in [4.78, 5) is 0. The number of benzene rings is 1. The number of rotatable bonds is 3. The Hall–Kier alpha value is -1.41.